The van der Waals surface area contributed by atoms with Gasteiger partial charge in [-0.3, -0.25) is 14.4 Å². The molecule has 0 aromatic heterocycles. The number of nitrogens with one attached hydrogen (secondary N) is 1. The van der Waals surface area contributed by atoms with Crippen LogP contribution in [0.25, 0.3) is 0 Å². The first-order chi connectivity index (χ1) is 12.3. The Kier molecular flexibility index (Phi) is 5.11. The molecular formula is C19H24N2O5. The molecule has 0 radical (unpaired) electrons. The molecule has 140 valence electrons. The van der Waals surface area contributed by atoms with Crippen LogP contribution in [0.2, 0.25) is 0 Å². The minimum Gasteiger partial charge on any atom is -0.464 e. The molecule has 3 atom stereocenters. The monoisotopic (exact) mass is 360 g/mol. The van der Waals surface area contributed by atoms with Crippen molar-refractivity contribution in [2.24, 2.45) is 5.92 Å². The average Bonchev–Trinajstić information content (AvgIpc) is 2.97. The maximum absolute atomic E-state index is 12.8. The summed E-state index contributed by atoms with van der Waals surface area (Å²) in [6, 6.07) is 3.52. The number of carbonyl (C=O) groups is 3. The molecule has 1 aromatic carbocycles. The molecule has 1 aromatic rings. The van der Waals surface area contributed by atoms with E-state index >= 15 is 0 Å². The average molecular weight is 360 g/mol. The van der Waals surface area contributed by atoms with E-state index in [1.165, 1.54) is 6.92 Å². The van der Waals surface area contributed by atoms with E-state index in [1.807, 2.05) is 26.0 Å². The number of rotatable bonds is 5. The maximum Gasteiger partial charge on any atom is 0.338 e. The summed E-state index contributed by atoms with van der Waals surface area (Å²) in [4.78, 5) is 42.5. The summed E-state index contributed by atoms with van der Waals surface area (Å²) in [6.45, 7) is 7.63. The molecule has 2 heterocycles. The van der Waals surface area contributed by atoms with Crippen LogP contribution < -0.4 is 5.32 Å². The van der Waals surface area contributed by atoms with Gasteiger partial charge in [0.1, 0.15) is 5.78 Å². The van der Waals surface area contributed by atoms with Crippen LogP contribution in [0.4, 0.5) is 5.69 Å². The second-order valence-electron chi connectivity index (χ2n) is 6.82. The summed E-state index contributed by atoms with van der Waals surface area (Å²) in [5, 5.41) is 4.54. The van der Waals surface area contributed by atoms with Crippen molar-refractivity contribution in [3.8, 4) is 0 Å². The molecule has 7 nitrogen and oxygen atoms in total. The van der Waals surface area contributed by atoms with Gasteiger partial charge in [-0.25, -0.2) is 4.79 Å². The van der Waals surface area contributed by atoms with Crippen LogP contribution in [-0.4, -0.2) is 42.0 Å². The molecule has 26 heavy (non-hydrogen) atoms. The number of anilines is 1. The van der Waals surface area contributed by atoms with Crippen molar-refractivity contribution in [1.82, 2.24) is 5.06 Å². The number of amides is 1. The van der Waals surface area contributed by atoms with Crippen molar-refractivity contribution in [3.63, 3.8) is 0 Å². The number of hydrogen-bond acceptors (Lipinski definition) is 6. The van der Waals surface area contributed by atoms with Crippen LogP contribution in [0.15, 0.2) is 12.1 Å². The van der Waals surface area contributed by atoms with Crippen LogP contribution in [0.5, 0.6) is 0 Å². The maximum atomic E-state index is 12.8. The zero-order chi connectivity index (χ0) is 19.0. The van der Waals surface area contributed by atoms with Gasteiger partial charge in [0.25, 0.3) is 0 Å². The summed E-state index contributed by atoms with van der Waals surface area (Å²) >= 11 is 0. The number of nitrogens with zero attached hydrogens (tertiary/aromatic N) is 1. The Morgan fingerprint density at radius 1 is 1.27 bits per heavy atom. The molecule has 0 bridgehead atoms. The van der Waals surface area contributed by atoms with E-state index in [4.69, 9.17) is 9.57 Å². The van der Waals surface area contributed by atoms with Gasteiger partial charge < -0.3 is 10.1 Å². The number of Topliss-reactive ketones (excluding diaryl/α,β-unsaturated/α-hetero) is 1. The van der Waals surface area contributed by atoms with E-state index in [1.54, 1.807) is 12.0 Å². The summed E-state index contributed by atoms with van der Waals surface area (Å²) < 4.78 is 5.10. The lowest BCUT2D eigenvalue weighted by atomic mass is 9.81. The van der Waals surface area contributed by atoms with Crippen molar-refractivity contribution in [1.29, 1.82) is 0 Å². The van der Waals surface area contributed by atoms with Gasteiger partial charge in [-0.2, -0.15) is 5.06 Å². The fraction of sp³-hybridized carbons (Fsp3) is 0.526. The molecule has 0 saturated carbocycles. The van der Waals surface area contributed by atoms with E-state index in [2.05, 4.69) is 5.32 Å². The third kappa shape index (κ3) is 3.12. The Balaban J connectivity index is 2.06. The molecule has 2 aliphatic rings. The quantitative estimate of drug-likeness (QED) is 0.809. The van der Waals surface area contributed by atoms with Crippen molar-refractivity contribution in [2.45, 2.75) is 46.3 Å². The van der Waals surface area contributed by atoms with Crippen LogP contribution in [0.1, 0.15) is 43.0 Å². The number of aryl methyl sites for hydroxylation is 2. The molecule has 0 spiro atoms. The number of hydroxylamine groups is 2. The third-order valence-corrected chi connectivity index (χ3v) is 4.95. The molecule has 7 heteroatoms. The Hall–Kier alpha value is -2.25. The highest BCUT2D eigenvalue weighted by atomic mass is 16.7. The smallest absolute Gasteiger partial charge is 0.338 e. The van der Waals surface area contributed by atoms with Crippen LogP contribution in [0, 0.1) is 19.8 Å². The van der Waals surface area contributed by atoms with Crippen molar-refractivity contribution in [3.05, 3.63) is 28.8 Å². The van der Waals surface area contributed by atoms with Gasteiger partial charge in [0, 0.05) is 18.7 Å². The second-order valence-corrected chi connectivity index (χ2v) is 6.82. The second kappa shape index (κ2) is 7.17. The molecule has 3 rings (SSSR count). The van der Waals surface area contributed by atoms with Crippen LogP contribution >= 0.6 is 0 Å². The molecule has 1 saturated heterocycles. The molecule has 2 aliphatic heterocycles. The summed E-state index contributed by atoms with van der Waals surface area (Å²) in [5.74, 6) is -1.52. The van der Waals surface area contributed by atoms with Crippen LogP contribution in [0.3, 0.4) is 0 Å². The molecule has 0 unspecified atom stereocenters. The van der Waals surface area contributed by atoms with Crippen molar-refractivity contribution >= 4 is 23.3 Å². The number of carbonyl (C=O) groups excluding carboxylic acids is 3. The zero-order valence-electron chi connectivity index (χ0n) is 15.5. The van der Waals surface area contributed by atoms with Crippen molar-refractivity contribution in [2.75, 3.05) is 18.5 Å². The zero-order valence-corrected chi connectivity index (χ0v) is 15.5. The minimum absolute atomic E-state index is 0.0196. The number of fused-ring (bicyclic) bond motifs is 3. The normalized spacial score (nSPS) is 24.6. The standard InChI is InChI=1S/C19H24N2O5/c1-5-25-19(24)17-14-16(21(26-17)9-8-12(4)22)13-10(2)6-7-11(3)15(13)20-18(14)23/h6-7,14,16-17H,5,8-9H2,1-4H3,(H,20,23)/t14-,16+,17-/m1/s1. The number of benzene rings is 1. The predicted octanol–water partition coefficient (Wildman–Crippen LogP) is 2.07. The Bertz CT molecular complexity index is 761. The molecule has 1 fully saturated rings. The first-order valence-corrected chi connectivity index (χ1v) is 8.85. The van der Waals surface area contributed by atoms with E-state index in [0.717, 1.165) is 22.4 Å². The highest BCUT2D eigenvalue weighted by molar-refractivity contribution is 6.00. The SMILES string of the molecule is CCOC(=O)[C@@H]1ON(CCC(C)=O)[C@H]2c3c(C)ccc(C)c3NC(=O)[C@@H]12. The summed E-state index contributed by atoms with van der Waals surface area (Å²) in [5.41, 5.74) is 3.65. The number of ketones is 1. The highest BCUT2D eigenvalue weighted by Crippen LogP contribution is 2.48. The minimum atomic E-state index is -1.01. The van der Waals surface area contributed by atoms with E-state index in [-0.39, 0.29) is 24.7 Å². The van der Waals surface area contributed by atoms with E-state index in [0.29, 0.717) is 6.54 Å². The number of esters is 1. The topological polar surface area (TPSA) is 84.9 Å². The van der Waals surface area contributed by atoms with Gasteiger partial charge in [-0.05, 0) is 44.4 Å². The van der Waals surface area contributed by atoms with Gasteiger partial charge in [0.2, 0.25) is 5.91 Å². The van der Waals surface area contributed by atoms with Gasteiger partial charge in [0.15, 0.2) is 6.10 Å². The number of ether oxygens (including phenoxy) is 1. The van der Waals surface area contributed by atoms with Crippen LogP contribution in [-0.2, 0) is 24.0 Å². The van der Waals surface area contributed by atoms with Crippen molar-refractivity contribution < 1.29 is 24.0 Å². The van der Waals surface area contributed by atoms with Gasteiger partial charge in [-0.15, -0.1) is 0 Å². The van der Waals surface area contributed by atoms with Gasteiger partial charge >= 0.3 is 5.97 Å². The summed E-state index contributed by atoms with van der Waals surface area (Å²) in [6.07, 6.45) is -0.736. The molecule has 0 aliphatic carbocycles. The van der Waals surface area contributed by atoms with Gasteiger partial charge in [0.05, 0.1) is 18.6 Å². The summed E-state index contributed by atoms with van der Waals surface area (Å²) in [7, 11) is 0. The highest BCUT2D eigenvalue weighted by Gasteiger charge is 2.55. The Morgan fingerprint density at radius 2 is 1.96 bits per heavy atom. The Labute approximate surface area is 152 Å². The number of hydrogen-bond donors (Lipinski definition) is 1. The molecule has 1 N–H and O–H groups in total. The first-order valence-electron chi connectivity index (χ1n) is 8.85. The lowest BCUT2D eigenvalue weighted by Gasteiger charge is -2.33. The van der Waals surface area contributed by atoms with E-state index < -0.39 is 24.0 Å². The predicted molar refractivity (Wildman–Crippen MR) is 94.3 cm³/mol. The fourth-order valence-electron chi connectivity index (χ4n) is 3.69. The Morgan fingerprint density at radius 3 is 2.62 bits per heavy atom. The largest absolute Gasteiger partial charge is 0.464 e. The molecule has 1 amide bonds. The van der Waals surface area contributed by atoms with E-state index in [9.17, 15) is 14.4 Å². The molecular weight excluding hydrogens is 336 g/mol. The fourth-order valence-corrected chi connectivity index (χ4v) is 3.69. The third-order valence-electron chi connectivity index (χ3n) is 4.95. The van der Waals surface area contributed by atoms with Gasteiger partial charge in [-0.1, -0.05) is 12.1 Å². The first kappa shape index (κ1) is 18.5. The lowest BCUT2D eigenvalue weighted by molar-refractivity contribution is -0.190. The lowest BCUT2D eigenvalue weighted by Crippen LogP contribution is -2.42.